The van der Waals surface area contributed by atoms with Crippen molar-refractivity contribution >= 4 is 0 Å². The third-order valence-corrected chi connectivity index (χ3v) is 4.24. The van der Waals surface area contributed by atoms with Gasteiger partial charge in [0.25, 0.3) is 0 Å². The molecule has 1 rings (SSSR count). The van der Waals surface area contributed by atoms with Crippen molar-refractivity contribution in [3.05, 3.63) is 35.9 Å². The van der Waals surface area contributed by atoms with Gasteiger partial charge in [-0.15, -0.1) is 0 Å². The number of nitrogens with zero attached hydrogens (tertiary/aromatic N) is 2. The summed E-state index contributed by atoms with van der Waals surface area (Å²) >= 11 is 0. The van der Waals surface area contributed by atoms with Gasteiger partial charge in [0.2, 0.25) is 0 Å². The van der Waals surface area contributed by atoms with E-state index in [0.29, 0.717) is 6.04 Å². The molecule has 0 aromatic heterocycles. The highest BCUT2D eigenvalue weighted by molar-refractivity contribution is 5.19. The first-order chi connectivity index (χ1) is 10.3. The minimum absolute atomic E-state index is 0.470. The van der Waals surface area contributed by atoms with Gasteiger partial charge >= 0.3 is 0 Å². The van der Waals surface area contributed by atoms with Crippen LogP contribution in [-0.2, 0) is 0 Å². The van der Waals surface area contributed by atoms with Gasteiger partial charge in [-0.05, 0) is 45.2 Å². The maximum atomic E-state index is 3.35. The lowest BCUT2D eigenvalue weighted by atomic mass is 10.0. The minimum atomic E-state index is 0.470. The fourth-order valence-electron chi connectivity index (χ4n) is 2.90. The Balaban J connectivity index is 2.61. The smallest absolute Gasteiger partial charge is 0.0472 e. The quantitative estimate of drug-likeness (QED) is 0.676. The Bertz CT molecular complexity index is 349. The number of rotatable bonds is 11. The Morgan fingerprint density at radius 3 is 2.14 bits per heavy atom. The van der Waals surface area contributed by atoms with Crippen molar-refractivity contribution in [3.63, 3.8) is 0 Å². The second kappa shape index (κ2) is 10.8. The molecular formula is C18H33N3. The zero-order chi connectivity index (χ0) is 15.5. The zero-order valence-corrected chi connectivity index (χ0v) is 14.3. The van der Waals surface area contributed by atoms with Gasteiger partial charge in [-0.1, -0.05) is 51.1 Å². The summed E-state index contributed by atoms with van der Waals surface area (Å²) in [6.07, 6.45) is 1.24. The largest absolute Gasteiger partial charge is 0.318 e. The van der Waals surface area contributed by atoms with Gasteiger partial charge in [0.15, 0.2) is 0 Å². The van der Waals surface area contributed by atoms with Crippen LogP contribution in [0.25, 0.3) is 0 Å². The molecule has 0 aliphatic heterocycles. The van der Waals surface area contributed by atoms with Crippen LogP contribution in [0.4, 0.5) is 0 Å². The van der Waals surface area contributed by atoms with E-state index >= 15 is 0 Å². The summed E-state index contributed by atoms with van der Waals surface area (Å²) in [5.41, 5.74) is 1.41. The number of nitrogens with one attached hydrogen (secondary N) is 1. The van der Waals surface area contributed by atoms with Crippen molar-refractivity contribution in [2.75, 3.05) is 46.3 Å². The molecule has 0 saturated heterocycles. The number of likely N-dealkylation sites (N-methyl/N-ethyl adjacent to an activating group) is 2. The molecule has 1 atom stereocenters. The highest BCUT2D eigenvalue weighted by Crippen LogP contribution is 2.20. The molecule has 0 aliphatic carbocycles. The molecule has 0 bridgehead atoms. The fourth-order valence-corrected chi connectivity index (χ4v) is 2.90. The highest BCUT2D eigenvalue weighted by Gasteiger charge is 2.18. The maximum absolute atomic E-state index is 3.35. The Morgan fingerprint density at radius 1 is 0.952 bits per heavy atom. The lowest BCUT2D eigenvalue weighted by Gasteiger charge is -2.32. The molecule has 0 aliphatic rings. The van der Waals surface area contributed by atoms with Crippen molar-refractivity contribution in [2.24, 2.45) is 0 Å². The SMILES string of the molecule is CCN(CC)CCCN(CC)C(CNC)c1ccccc1. The first-order valence-electron chi connectivity index (χ1n) is 8.42. The van der Waals surface area contributed by atoms with Crippen molar-refractivity contribution in [1.29, 1.82) is 0 Å². The van der Waals surface area contributed by atoms with E-state index in [1.165, 1.54) is 18.5 Å². The minimum Gasteiger partial charge on any atom is -0.318 e. The van der Waals surface area contributed by atoms with Crippen LogP contribution < -0.4 is 5.32 Å². The predicted molar refractivity (Wildman–Crippen MR) is 92.8 cm³/mol. The summed E-state index contributed by atoms with van der Waals surface area (Å²) in [5, 5.41) is 3.35. The normalized spacial score (nSPS) is 13.0. The average molecular weight is 291 g/mol. The summed E-state index contributed by atoms with van der Waals surface area (Å²) < 4.78 is 0. The van der Waals surface area contributed by atoms with E-state index in [1.807, 2.05) is 7.05 Å². The molecule has 120 valence electrons. The van der Waals surface area contributed by atoms with Crippen LogP contribution in [0.2, 0.25) is 0 Å². The third-order valence-electron chi connectivity index (χ3n) is 4.24. The third kappa shape index (κ3) is 6.16. The van der Waals surface area contributed by atoms with Crippen molar-refractivity contribution < 1.29 is 0 Å². The van der Waals surface area contributed by atoms with E-state index in [1.54, 1.807) is 0 Å². The molecule has 1 unspecified atom stereocenters. The second-order valence-electron chi connectivity index (χ2n) is 5.49. The molecule has 0 spiro atoms. The number of hydrogen-bond acceptors (Lipinski definition) is 3. The van der Waals surface area contributed by atoms with Crippen LogP contribution in [0, 0.1) is 0 Å². The van der Waals surface area contributed by atoms with Gasteiger partial charge in [0.1, 0.15) is 0 Å². The standard InChI is InChI=1S/C18H33N3/c1-5-20(6-2)14-11-15-21(7-3)18(16-19-4)17-12-9-8-10-13-17/h8-10,12-13,18-19H,5-7,11,14-16H2,1-4H3. The van der Waals surface area contributed by atoms with E-state index in [9.17, 15) is 0 Å². The van der Waals surface area contributed by atoms with Gasteiger partial charge in [0.05, 0.1) is 0 Å². The van der Waals surface area contributed by atoms with E-state index < -0.39 is 0 Å². The van der Waals surface area contributed by atoms with Gasteiger partial charge in [0, 0.05) is 19.1 Å². The Labute approximate surface area is 131 Å². The van der Waals surface area contributed by atoms with E-state index in [-0.39, 0.29) is 0 Å². The van der Waals surface area contributed by atoms with Crippen LogP contribution in [0.1, 0.15) is 38.8 Å². The molecule has 1 aromatic rings. The van der Waals surface area contributed by atoms with Crippen molar-refractivity contribution in [3.8, 4) is 0 Å². The summed E-state index contributed by atoms with van der Waals surface area (Å²) in [5.74, 6) is 0. The van der Waals surface area contributed by atoms with Gasteiger partial charge in [-0.25, -0.2) is 0 Å². The Kier molecular flexibility index (Phi) is 9.31. The van der Waals surface area contributed by atoms with Gasteiger partial charge in [-0.2, -0.15) is 0 Å². The molecular weight excluding hydrogens is 258 g/mol. The molecule has 0 radical (unpaired) electrons. The van der Waals surface area contributed by atoms with Gasteiger partial charge in [-0.3, -0.25) is 4.90 Å². The summed E-state index contributed by atoms with van der Waals surface area (Å²) in [6, 6.07) is 11.3. The fraction of sp³-hybridized carbons (Fsp3) is 0.667. The molecule has 0 amide bonds. The lowest BCUT2D eigenvalue weighted by molar-refractivity contribution is 0.188. The van der Waals surface area contributed by atoms with Crippen molar-refractivity contribution in [2.45, 2.75) is 33.2 Å². The molecule has 0 saturated carbocycles. The zero-order valence-electron chi connectivity index (χ0n) is 14.3. The number of benzene rings is 1. The molecule has 0 fully saturated rings. The van der Waals surface area contributed by atoms with Crippen LogP contribution in [-0.4, -0.2) is 56.1 Å². The van der Waals surface area contributed by atoms with Crippen LogP contribution in [0.3, 0.4) is 0 Å². The van der Waals surface area contributed by atoms with E-state index in [4.69, 9.17) is 0 Å². The highest BCUT2D eigenvalue weighted by atomic mass is 15.2. The van der Waals surface area contributed by atoms with Crippen LogP contribution in [0.5, 0.6) is 0 Å². The van der Waals surface area contributed by atoms with E-state index in [0.717, 1.165) is 32.7 Å². The Hall–Kier alpha value is -0.900. The predicted octanol–water partition coefficient (Wildman–Crippen LogP) is 3.00. The van der Waals surface area contributed by atoms with Crippen LogP contribution >= 0.6 is 0 Å². The monoisotopic (exact) mass is 291 g/mol. The Morgan fingerprint density at radius 2 is 1.62 bits per heavy atom. The first kappa shape index (κ1) is 18.1. The van der Waals surface area contributed by atoms with Crippen LogP contribution in [0.15, 0.2) is 30.3 Å². The topological polar surface area (TPSA) is 18.5 Å². The first-order valence-corrected chi connectivity index (χ1v) is 8.42. The summed E-state index contributed by atoms with van der Waals surface area (Å²) in [6.45, 7) is 13.5. The molecule has 21 heavy (non-hydrogen) atoms. The van der Waals surface area contributed by atoms with Gasteiger partial charge < -0.3 is 10.2 Å². The number of hydrogen-bond donors (Lipinski definition) is 1. The summed E-state index contributed by atoms with van der Waals surface area (Å²) in [7, 11) is 2.04. The molecule has 1 N–H and O–H groups in total. The molecule has 0 heterocycles. The molecule has 1 aromatic carbocycles. The maximum Gasteiger partial charge on any atom is 0.0472 e. The molecule has 3 heteroatoms. The molecule has 3 nitrogen and oxygen atoms in total. The lowest BCUT2D eigenvalue weighted by Crippen LogP contribution is -2.37. The summed E-state index contributed by atoms with van der Waals surface area (Å²) in [4.78, 5) is 5.10. The van der Waals surface area contributed by atoms with Crippen molar-refractivity contribution in [1.82, 2.24) is 15.1 Å². The van der Waals surface area contributed by atoms with E-state index in [2.05, 4.69) is 66.2 Å². The average Bonchev–Trinajstić information content (AvgIpc) is 2.54. The second-order valence-corrected chi connectivity index (χ2v) is 5.49.